The monoisotopic (exact) mass is 588 g/mol. The normalized spacial score (nSPS) is 11.5. The maximum Gasteiger partial charge on any atom is 0.227 e. The molecule has 0 amide bonds. The molecule has 0 aliphatic heterocycles. The molecule has 8 aromatic carbocycles. The van der Waals surface area contributed by atoms with Crippen LogP contribution in [0.2, 0.25) is 0 Å². The first kappa shape index (κ1) is 26.2. The minimum absolute atomic E-state index is 0.631. The first-order chi connectivity index (χ1) is 22.8. The van der Waals surface area contributed by atoms with E-state index in [1.54, 1.807) is 0 Å². The lowest BCUT2D eigenvalue weighted by atomic mass is 9.99. The van der Waals surface area contributed by atoms with Crippen molar-refractivity contribution >= 4 is 60.5 Å². The van der Waals surface area contributed by atoms with Crippen LogP contribution in [0.25, 0.3) is 66.0 Å². The maximum atomic E-state index is 6.68. The highest BCUT2D eigenvalue weighted by molar-refractivity contribution is 6.23. The largest absolute Gasteiger partial charge is 0.435 e. The minimum Gasteiger partial charge on any atom is -0.435 e. The number of hydrogen-bond donors (Lipinski definition) is 0. The second-order valence-electron chi connectivity index (χ2n) is 11.6. The van der Waals surface area contributed by atoms with Gasteiger partial charge in [0, 0.05) is 33.4 Å². The van der Waals surface area contributed by atoms with Gasteiger partial charge >= 0.3 is 0 Å². The molecule has 216 valence electrons. The van der Waals surface area contributed by atoms with E-state index in [-0.39, 0.29) is 0 Å². The maximum absolute atomic E-state index is 6.68. The molecule has 0 saturated heterocycles. The summed E-state index contributed by atoms with van der Waals surface area (Å²) in [6.07, 6.45) is 0. The number of anilines is 3. The fourth-order valence-electron chi connectivity index (χ4n) is 6.69. The Balaban J connectivity index is 1.27. The highest BCUT2D eigenvalue weighted by atomic mass is 16.3. The van der Waals surface area contributed by atoms with E-state index in [4.69, 9.17) is 9.40 Å². The van der Waals surface area contributed by atoms with Gasteiger partial charge in [0.15, 0.2) is 5.58 Å². The predicted octanol–water partition coefficient (Wildman–Crippen LogP) is 12.1. The standard InChI is InChI=1S/C43H28N2O/c1-3-12-29(13-4-1)30-22-24-33(25-23-30)45(32-16-5-2-6-17-32)34-26-27-37-36-19-9-10-20-38(36)42-41(40(37)28-34)44-43(46-42)39-21-11-15-31-14-7-8-18-35(31)39/h1-28H. The van der Waals surface area contributed by atoms with E-state index < -0.39 is 0 Å². The smallest absolute Gasteiger partial charge is 0.227 e. The molecule has 0 fully saturated rings. The van der Waals surface area contributed by atoms with E-state index in [2.05, 4.69) is 175 Å². The van der Waals surface area contributed by atoms with Crippen LogP contribution in [0.4, 0.5) is 17.1 Å². The summed E-state index contributed by atoms with van der Waals surface area (Å²) >= 11 is 0. The predicted molar refractivity (Wildman–Crippen MR) is 192 cm³/mol. The van der Waals surface area contributed by atoms with Crippen LogP contribution in [0.3, 0.4) is 0 Å². The van der Waals surface area contributed by atoms with Crippen molar-refractivity contribution < 1.29 is 4.42 Å². The average molecular weight is 589 g/mol. The molecule has 1 aromatic heterocycles. The summed E-state index contributed by atoms with van der Waals surface area (Å²) in [6.45, 7) is 0. The Morgan fingerprint density at radius 1 is 0.413 bits per heavy atom. The number of fused-ring (bicyclic) bond motifs is 7. The fraction of sp³-hybridized carbons (Fsp3) is 0. The van der Waals surface area contributed by atoms with Crippen molar-refractivity contribution in [2.24, 2.45) is 0 Å². The number of rotatable bonds is 5. The number of aromatic nitrogens is 1. The molecule has 0 bridgehead atoms. The third-order valence-corrected chi connectivity index (χ3v) is 8.87. The molecule has 3 nitrogen and oxygen atoms in total. The first-order valence-corrected chi connectivity index (χ1v) is 15.6. The Labute approximate surface area is 266 Å². The van der Waals surface area contributed by atoms with Crippen LogP contribution in [0, 0.1) is 0 Å². The highest BCUT2D eigenvalue weighted by Gasteiger charge is 2.20. The molecule has 0 spiro atoms. The van der Waals surface area contributed by atoms with Crippen LogP contribution < -0.4 is 4.90 Å². The Morgan fingerprint density at radius 2 is 1.00 bits per heavy atom. The van der Waals surface area contributed by atoms with Crippen LogP contribution >= 0.6 is 0 Å². The number of nitrogens with zero attached hydrogens (tertiary/aromatic N) is 2. The topological polar surface area (TPSA) is 29.3 Å². The first-order valence-electron chi connectivity index (χ1n) is 15.6. The number of hydrogen-bond acceptors (Lipinski definition) is 3. The molecule has 1 heterocycles. The van der Waals surface area contributed by atoms with Crippen molar-refractivity contribution in [1.82, 2.24) is 4.98 Å². The van der Waals surface area contributed by atoms with E-state index in [1.807, 2.05) is 0 Å². The summed E-state index contributed by atoms with van der Waals surface area (Å²) in [5.74, 6) is 0.631. The van der Waals surface area contributed by atoms with E-state index >= 15 is 0 Å². The lowest BCUT2D eigenvalue weighted by molar-refractivity contribution is 0.624. The van der Waals surface area contributed by atoms with E-state index in [0.29, 0.717) is 5.89 Å². The second kappa shape index (κ2) is 10.8. The molecule has 0 radical (unpaired) electrons. The summed E-state index contributed by atoms with van der Waals surface area (Å²) in [5.41, 5.74) is 8.28. The summed E-state index contributed by atoms with van der Waals surface area (Å²) in [4.78, 5) is 7.52. The lowest BCUT2D eigenvalue weighted by Gasteiger charge is -2.26. The quantitative estimate of drug-likeness (QED) is 0.187. The number of para-hydroxylation sites is 1. The van der Waals surface area contributed by atoms with Crippen molar-refractivity contribution in [3.05, 3.63) is 170 Å². The van der Waals surface area contributed by atoms with Gasteiger partial charge in [0.2, 0.25) is 5.89 Å². The molecule has 0 atom stereocenters. The zero-order valence-corrected chi connectivity index (χ0v) is 25.0. The summed E-state index contributed by atoms with van der Waals surface area (Å²) in [5, 5.41) is 6.71. The highest BCUT2D eigenvalue weighted by Crippen LogP contribution is 2.42. The molecule has 3 heteroatoms. The van der Waals surface area contributed by atoms with E-state index in [9.17, 15) is 0 Å². The molecule has 0 aliphatic carbocycles. The second-order valence-corrected chi connectivity index (χ2v) is 11.6. The number of benzene rings is 8. The van der Waals surface area contributed by atoms with Crippen molar-refractivity contribution in [2.75, 3.05) is 4.90 Å². The van der Waals surface area contributed by atoms with Gasteiger partial charge in [0.1, 0.15) is 5.52 Å². The van der Waals surface area contributed by atoms with E-state index in [0.717, 1.165) is 66.0 Å². The molecular formula is C43H28N2O. The van der Waals surface area contributed by atoms with Gasteiger partial charge in [-0.15, -0.1) is 0 Å². The Hall–Kier alpha value is -6.19. The van der Waals surface area contributed by atoms with Crippen LogP contribution in [-0.4, -0.2) is 4.98 Å². The van der Waals surface area contributed by atoms with Crippen LogP contribution in [-0.2, 0) is 0 Å². The third kappa shape index (κ3) is 4.33. The molecule has 9 rings (SSSR count). The van der Waals surface area contributed by atoms with E-state index in [1.165, 1.54) is 11.1 Å². The molecule has 0 aliphatic rings. The van der Waals surface area contributed by atoms with Crippen LogP contribution in [0.5, 0.6) is 0 Å². The Kier molecular flexibility index (Phi) is 6.14. The van der Waals surface area contributed by atoms with Gasteiger partial charge in [-0.05, 0) is 75.1 Å². The molecular weight excluding hydrogens is 560 g/mol. The average Bonchev–Trinajstić information content (AvgIpc) is 3.59. The summed E-state index contributed by atoms with van der Waals surface area (Å²) in [6, 6.07) is 59.7. The fourth-order valence-corrected chi connectivity index (χ4v) is 6.69. The molecule has 0 saturated carbocycles. The van der Waals surface area contributed by atoms with Gasteiger partial charge in [0.25, 0.3) is 0 Å². The van der Waals surface area contributed by atoms with Gasteiger partial charge in [-0.25, -0.2) is 4.98 Å². The van der Waals surface area contributed by atoms with Crippen molar-refractivity contribution in [3.8, 4) is 22.6 Å². The Morgan fingerprint density at radius 3 is 1.80 bits per heavy atom. The lowest BCUT2D eigenvalue weighted by Crippen LogP contribution is -2.09. The molecule has 9 aromatic rings. The van der Waals surface area contributed by atoms with Gasteiger partial charge in [0.05, 0.1) is 0 Å². The zero-order valence-electron chi connectivity index (χ0n) is 25.0. The van der Waals surface area contributed by atoms with Crippen LogP contribution in [0.1, 0.15) is 0 Å². The summed E-state index contributed by atoms with van der Waals surface area (Å²) in [7, 11) is 0. The third-order valence-electron chi connectivity index (χ3n) is 8.87. The van der Waals surface area contributed by atoms with Gasteiger partial charge in [-0.2, -0.15) is 0 Å². The molecule has 0 unspecified atom stereocenters. The molecule has 46 heavy (non-hydrogen) atoms. The van der Waals surface area contributed by atoms with Gasteiger partial charge in [-0.3, -0.25) is 0 Å². The van der Waals surface area contributed by atoms with Gasteiger partial charge < -0.3 is 9.32 Å². The minimum atomic E-state index is 0.631. The van der Waals surface area contributed by atoms with Crippen molar-refractivity contribution in [1.29, 1.82) is 0 Å². The molecule has 0 N–H and O–H groups in total. The Bertz CT molecular complexity index is 2510. The van der Waals surface area contributed by atoms with Crippen molar-refractivity contribution in [3.63, 3.8) is 0 Å². The number of oxazole rings is 1. The zero-order chi connectivity index (χ0) is 30.5. The SMILES string of the molecule is c1ccc(-c2ccc(N(c3ccccc3)c3ccc4c5ccccc5c5oc(-c6cccc7ccccc67)nc5c4c3)cc2)cc1. The van der Waals surface area contributed by atoms with Crippen LogP contribution in [0.15, 0.2) is 174 Å². The van der Waals surface area contributed by atoms with Crippen molar-refractivity contribution in [2.45, 2.75) is 0 Å². The summed E-state index contributed by atoms with van der Waals surface area (Å²) < 4.78 is 6.68. The van der Waals surface area contributed by atoms with Gasteiger partial charge in [-0.1, -0.05) is 127 Å².